The van der Waals surface area contributed by atoms with Crippen molar-refractivity contribution in [3.8, 4) is 0 Å². The van der Waals surface area contributed by atoms with Crippen LogP contribution < -0.4 is 5.32 Å². The van der Waals surface area contributed by atoms with E-state index in [1.165, 1.54) is 0 Å². The molecule has 0 bridgehead atoms. The van der Waals surface area contributed by atoms with E-state index in [1.807, 2.05) is 45.3 Å². The Morgan fingerprint density at radius 1 is 1.35 bits per heavy atom. The van der Waals surface area contributed by atoms with Crippen molar-refractivity contribution >= 4 is 29.3 Å². The molecule has 0 radical (unpaired) electrons. The van der Waals surface area contributed by atoms with Crippen LogP contribution in [0.1, 0.15) is 19.8 Å². The van der Waals surface area contributed by atoms with Gasteiger partial charge in [-0.05, 0) is 57.7 Å². The highest BCUT2D eigenvalue weighted by molar-refractivity contribution is 8.00. The van der Waals surface area contributed by atoms with Gasteiger partial charge in [0.25, 0.3) is 0 Å². The van der Waals surface area contributed by atoms with Crippen LogP contribution >= 0.6 is 23.4 Å². The number of hydrogen-bond acceptors (Lipinski definition) is 3. The molecule has 0 unspecified atom stereocenters. The molecule has 1 atom stereocenters. The zero-order valence-electron chi connectivity index (χ0n) is 12.4. The highest BCUT2D eigenvalue weighted by Gasteiger charge is 2.17. The summed E-state index contributed by atoms with van der Waals surface area (Å²) in [4.78, 5) is 15.3. The van der Waals surface area contributed by atoms with Crippen LogP contribution in [0, 0.1) is 0 Å². The Morgan fingerprint density at radius 3 is 2.55 bits per heavy atom. The molecule has 0 aliphatic carbocycles. The van der Waals surface area contributed by atoms with Gasteiger partial charge in [0.05, 0.1) is 5.25 Å². The van der Waals surface area contributed by atoms with Crippen molar-refractivity contribution in [2.24, 2.45) is 0 Å². The van der Waals surface area contributed by atoms with E-state index in [-0.39, 0.29) is 11.2 Å². The average Bonchev–Trinajstić information content (AvgIpc) is 2.42. The fourth-order valence-electron chi connectivity index (χ4n) is 1.72. The first-order chi connectivity index (χ1) is 9.52. The number of benzene rings is 1. The Bertz CT molecular complexity index is 409. The van der Waals surface area contributed by atoms with Crippen LogP contribution in [0.3, 0.4) is 0 Å². The minimum atomic E-state index is -0.0458. The second-order valence-electron chi connectivity index (χ2n) is 4.92. The third-order valence-electron chi connectivity index (χ3n) is 2.84. The van der Waals surface area contributed by atoms with Crippen molar-refractivity contribution in [2.75, 3.05) is 27.2 Å². The summed E-state index contributed by atoms with van der Waals surface area (Å²) in [5, 5.41) is 3.68. The SMILES string of the molecule is CC[C@@H](Sc1ccc(Cl)cc1)C(=O)NCCCN(C)C. The summed E-state index contributed by atoms with van der Waals surface area (Å²) in [6.45, 7) is 3.75. The van der Waals surface area contributed by atoms with Crippen molar-refractivity contribution in [1.29, 1.82) is 0 Å². The number of carbonyl (C=O) groups is 1. The lowest BCUT2D eigenvalue weighted by atomic mass is 10.3. The molecule has 0 aromatic heterocycles. The van der Waals surface area contributed by atoms with E-state index in [4.69, 9.17) is 11.6 Å². The van der Waals surface area contributed by atoms with Crippen molar-refractivity contribution in [2.45, 2.75) is 29.9 Å². The minimum Gasteiger partial charge on any atom is -0.355 e. The third-order valence-corrected chi connectivity index (χ3v) is 4.46. The summed E-state index contributed by atoms with van der Waals surface area (Å²) in [6, 6.07) is 7.61. The molecule has 1 N–H and O–H groups in total. The predicted molar refractivity (Wildman–Crippen MR) is 87.6 cm³/mol. The zero-order chi connectivity index (χ0) is 15.0. The van der Waals surface area contributed by atoms with Crippen LogP contribution in [0.5, 0.6) is 0 Å². The molecule has 1 rings (SSSR count). The van der Waals surface area contributed by atoms with Gasteiger partial charge in [0.2, 0.25) is 5.91 Å². The summed E-state index contributed by atoms with van der Waals surface area (Å²) in [6.07, 6.45) is 1.79. The molecule has 112 valence electrons. The van der Waals surface area contributed by atoms with Crippen molar-refractivity contribution < 1.29 is 4.79 Å². The first-order valence-electron chi connectivity index (χ1n) is 6.87. The lowest BCUT2D eigenvalue weighted by molar-refractivity contribution is -0.120. The number of amides is 1. The summed E-state index contributed by atoms with van der Waals surface area (Å²) in [5.41, 5.74) is 0. The fraction of sp³-hybridized carbons (Fsp3) is 0.533. The van der Waals surface area contributed by atoms with Gasteiger partial charge < -0.3 is 10.2 Å². The number of carbonyl (C=O) groups excluding carboxylic acids is 1. The number of thioether (sulfide) groups is 1. The maximum absolute atomic E-state index is 12.1. The van der Waals surface area contributed by atoms with Crippen molar-refractivity contribution in [1.82, 2.24) is 10.2 Å². The average molecular weight is 315 g/mol. The highest BCUT2D eigenvalue weighted by Crippen LogP contribution is 2.26. The Morgan fingerprint density at radius 2 is 2.00 bits per heavy atom. The molecule has 3 nitrogen and oxygen atoms in total. The molecule has 0 saturated carbocycles. The van der Waals surface area contributed by atoms with Gasteiger partial charge in [-0.25, -0.2) is 0 Å². The summed E-state index contributed by atoms with van der Waals surface area (Å²) >= 11 is 7.45. The number of rotatable bonds is 8. The van der Waals surface area contributed by atoms with Crippen molar-refractivity contribution in [3.63, 3.8) is 0 Å². The van der Waals surface area contributed by atoms with Gasteiger partial charge in [-0.15, -0.1) is 11.8 Å². The van der Waals surface area contributed by atoms with Gasteiger partial charge in [-0.1, -0.05) is 18.5 Å². The first kappa shape index (κ1) is 17.3. The minimum absolute atomic E-state index is 0.0458. The molecule has 1 aromatic carbocycles. The Labute approximate surface area is 131 Å². The van der Waals surface area contributed by atoms with Gasteiger partial charge in [-0.2, -0.15) is 0 Å². The van der Waals surface area contributed by atoms with Gasteiger partial charge in [-0.3, -0.25) is 4.79 Å². The van der Waals surface area contributed by atoms with Crippen LogP contribution in [0.4, 0.5) is 0 Å². The van der Waals surface area contributed by atoms with Crippen LogP contribution in [-0.2, 0) is 4.79 Å². The predicted octanol–water partition coefficient (Wildman–Crippen LogP) is 3.28. The molecule has 20 heavy (non-hydrogen) atoms. The quantitative estimate of drug-likeness (QED) is 0.590. The van der Waals surface area contributed by atoms with Crippen LogP contribution in [0.2, 0.25) is 5.02 Å². The monoisotopic (exact) mass is 314 g/mol. The van der Waals surface area contributed by atoms with Gasteiger partial charge in [0, 0.05) is 16.5 Å². The molecule has 1 aromatic rings. The van der Waals surface area contributed by atoms with Crippen LogP contribution in [0.15, 0.2) is 29.2 Å². The largest absolute Gasteiger partial charge is 0.355 e. The lowest BCUT2D eigenvalue weighted by Crippen LogP contribution is -2.34. The smallest absolute Gasteiger partial charge is 0.233 e. The Hall–Kier alpha value is -0.710. The van der Waals surface area contributed by atoms with Gasteiger partial charge >= 0.3 is 0 Å². The van der Waals surface area contributed by atoms with Gasteiger partial charge in [0.15, 0.2) is 0 Å². The van der Waals surface area contributed by atoms with Gasteiger partial charge in [0.1, 0.15) is 0 Å². The molecule has 1 amide bonds. The van der Waals surface area contributed by atoms with Crippen molar-refractivity contribution in [3.05, 3.63) is 29.3 Å². The number of hydrogen-bond donors (Lipinski definition) is 1. The Kier molecular flexibility index (Phi) is 8.04. The molecule has 0 heterocycles. The molecular weight excluding hydrogens is 292 g/mol. The van der Waals surface area contributed by atoms with Crippen LogP contribution in [-0.4, -0.2) is 43.2 Å². The van der Waals surface area contributed by atoms with E-state index >= 15 is 0 Å². The number of nitrogens with one attached hydrogen (secondary N) is 1. The zero-order valence-corrected chi connectivity index (χ0v) is 13.9. The first-order valence-corrected chi connectivity index (χ1v) is 8.13. The number of halogens is 1. The molecule has 0 spiro atoms. The maximum Gasteiger partial charge on any atom is 0.233 e. The molecular formula is C15H23ClN2OS. The third kappa shape index (κ3) is 6.64. The fourth-order valence-corrected chi connectivity index (χ4v) is 2.83. The molecule has 5 heteroatoms. The normalized spacial score (nSPS) is 12.4. The molecule has 0 saturated heterocycles. The maximum atomic E-state index is 12.1. The van der Waals surface area contributed by atoms with Crippen LogP contribution in [0.25, 0.3) is 0 Å². The van der Waals surface area contributed by atoms with E-state index in [0.717, 1.165) is 35.8 Å². The second kappa shape index (κ2) is 9.27. The highest BCUT2D eigenvalue weighted by atomic mass is 35.5. The van der Waals surface area contributed by atoms with E-state index in [1.54, 1.807) is 11.8 Å². The summed E-state index contributed by atoms with van der Waals surface area (Å²) < 4.78 is 0. The Balaban J connectivity index is 2.40. The van der Waals surface area contributed by atoms with E-state index < -0.39 is 0 Å². The lowest BCUT2D eigenvalue weighted by Gasteiger charge is -2.15. The van der Waals surface area contributed by atoms with E-state index in [0.29, 0.717) is 0 Å². The number of nitrogens with zero attached hydrogens (tertiary/aromatic N) is 1. The van der Waals surface area contributed by atoms with E-state index in [9.17, 15) is 4.79 Å². The molecule has 0 fully saturated rings. The molecule has 0 aliphatic heterocycles. The summed E-state index contributed by atoms with van der Waals surface area (Å²) in [7, 11) is 4.07. The molecule has 0 aliphatic rings. The standard InChI is InChI=1S/C15H23ClN2OS/c1-4-14(15(19)17-10-5-11-18(2)3)20-13-8-6-12(16)7-9-13/h6-9,14H,4-5,10-11H2,1-3H3,(H,17,19)/t14-/m1/s1. The second-order valence-corrected chi connectivity index (χ2v) is 6.63. The summed E-state index contributed by atoms with van der Waals surface area (Å²) in [5.74, 6) is 0.117. The van der Waals surface area contributed by atoms with E-state index in [2.05, 4.69) is 10.2 Å². The topological polar surface area (TPSA) is 32.3 Å².